The maximum Gasteiger partial charge on any atom is 0.411 e. The highest BCUT2D eigenvalue weighted by Crippen LogP contribution is 2.17. The Hall–Kier alpha value is -2.24. The number of carbonyl (C=O) groups excluding carboxylic acids is 2. The molecule has 2 rings (SSSR count). The van der Waals surface area contributed by atoms with Crippen LogP contribution in [0.5, 0.6) is 0 Å². The second kappa shape index (κ2) is 6.08. The van der Waals surface area contributed by atoms with Gasteiger partial charge in [-0.15, -0.1) is 0 Å². The highest BCUT2D eigenvalue weighted by molar-refractivity contribution is 5.91. The summed E-state index contributed by atoms with van der Waals surface area (Å²) >= 11 is 0. The van der Waals surface area contributed by atoms with E-state index in [-0.39, 0.29) is 6.03 Å². The number of amides is 3. The monoisotopic (exact) mass is 263 g/mol. The first-order valence-corrected chi connectivity index (χ1v) is 6.20. The minimum absolute atomic E-state index is 0.104. The fourth-order valence-electron chi connectivity index (χ4n) is 1.97. The lowest BCUT2D eigenvalue weighted by Gasteiger charge is -2.16. The van der Waals surface area contributed by atoms with Crippen LogP contribution < -0.4 is 10.6 Å². The Balaban J connectivity index is 1.98. The molecule has 1 saturated heterocycles. The van der Waals surface area contributed by atoms with Gasteiger partial charge in [0, 0.05) is 24.5 Å². The Bertz CT molecular complexity index is 470. The third kappa shape index (κ3) is 3.61. The van der Waals surface area contributed by atoms with E-state index in [1.807, 2.05) is 0 Å². The van der Waals surface area contributed by atoms with Gasteiger partial charge in [0.05, 0.1) is 7.11 Å². The topological polar surface area (TPSA) is 70.7 Å². The smallest absolute Gasteiger partial charge is 0.411 e. The molecule has 0 aliphatic carbocycles. The predicted octanol–water partition coefficient (Wildman–Crippen LogP) is 2.49. The largest absolute Gasteiger partial charge is 0.453 e. The number of likely N-dealkylation sites (tertiary alicyclic amines) is 1. The van der Waals surface area contributed by atoms with Gasteiger partial charge >= 0.3 is 12.1 Å². The van der Waals surface area contributed by atoms with Gasteiger partial charge < -0.3 is 15.0 Å². The van der Waals surface area contributed by atoms with Crippen LogP contribution in [0.4, 0.5) is 21.0 Å². The summed E-state index contributed by atoms with van der Waals surface area (Å²) < 4.78 is 4.51. The molecular weight excluding hydrogens is 246 g/mol. The van der Waals surface area contributed by atoms with Crippen molar-refractivity contribution in [1.29, 1.82) is 0 Å². The second-order valence-corrected chi connectivity index (χ2v) is 4.32. The van der Waals surface area contributed by atoms with Gasteiger partial charge in [-0.05, 0) is 31.0 Å². The molecule has 6 nitrogen and oxygen atoms in total. The van der Waals surface area contributed by atoms with Crippen LogP contribution in [0.25, 0.3) is 0 Å². The van der Waals surface area contributed by atoms with E-state index in [1.165, 1.54) is 7.11 Å². The SMILES string of the molecule is COC(=O)Nc1cccc(NC(=O)N2CCCC2)c1. The molecule has 6 heteroatoms. The fraction of sp³-hybridized carbons (Fsp3) is 0.385. The van der Waals surface area contributed by atoms with E-state index in [1.54, 1.807) is 29.2 Å². The van der Waals surface area contributed by atoms with Crippen LogP contribution in [0.15, 0.2) is 24.3 Å². The first kappa shape index (κ1) is 13.2. The number of ether oxygens (including phenoxy) is 1. The van der Waals surface area contributed by atoms with Crippen molar-refractivity contribution in [3.05, 3.63) is 24.3 Å². The Morgan fingerprint density at radius 3 is 2.42 bits per heavy atom. The molecular formula is C13H17N3O3. The molecule has 0 bridgehead atoms. The van der Waals surface area contributed by atoms with Crippen LogP contribution in [-0.2, 0) is 4.74 Å². The molecule has 0 radical (unpaired) electrons. The molecule has 1 aromatic rings. The zero-order valence-electron chi connectivity index (χ0n) is 10.8. The molecule has 0 unspecified atom stereocenters. The van der Waals surface area contributed by atoms with Gasteiger partial charge in [-0.25, -0.2) is 9.59 Å². The van der Waals surface area contributed by atoms with Gasteiger partial charge in [-0.3, -0.25) is 5.32 Å². The summed E-state index contributed by atoms with van der Waals surface area (Å²) in [4.78, 5) is 24.8. The minimum atomic E-state index is -0.539. The summed E-state index contributed by atoms with van der Waals surface area (Å²) in [6.45, 7) is 1.60. The van der Waals surface area contributed by atoms with Crippen molar-refractivity contribution in [2.75, 3.05) is 30.8 Å². The fourth-order valence-corrected chi connectivity index (χ4v) is 1.97. The second-order valence-electron chi connectivity index (χ2n) is 4.32. The molecule has 1 aromatic carbocycles. The lowest BCUT2D eigenvalue weighted by Crippen LogP contribution is -2.32. The van der Waals surface area contributed by atoms with Gasteiger partial charge in [0.1, 0.15) is 0 Å². The third-order valence-electron chi connectivity index (χ3n) is 2.94. The molecule has 2 N–H and O–H groups in total. The summed E-state index contributed by atoms with van der Waals surface area (Å²) in [6, 6.07) is 6.84. The summed E-state index contributed by atoms with van der Waals surface area (Å²) in [6.07, 6.45) is 1.57. The van der Waals surface area contributed by atoms with E-state index >= 15 is 0 Å². The Kier molecular flexibility index (Phi) is 4.22. The summed E-state index contributed by atoms with van der Waals surface area (Å²) in [7, 11) is 1.30. The molecule has 19 heavy (non-hydrogen) atoms. The number of hydrogen-bond donors (Lipinski definition) is 2. The average Bonchev–Trinajstić information content (AvgIpc) is 2.93. The Morgan fingerprint density at radius 1 is 1.16 bits per heavy atom. The number of hydrogen-bond acceptors (Lipinski definition) is 3. The number of nitrogens with zero attached hydrogens (tertiary/aromatic N) is 1. The highest BCUT2D eigenvalue weighted by atomic mass is 16.5. The predicted molar refractivity (Wildman–Crippen MR) is 72.3 cm³/mol. The first-order valence-electron chi connectivity index (χ1n) is 6.20. The van der Waals surface area contributed by atoms with Gasteiger partial charge in [-0.1, -0.05) is 6.07 Å². The Morgan fingerprint density at radius 2 is 1.79 bits per heavy atom. The van der Waals surface area contributed by atoms with Crippen molar-refractivity contribution in [3.63, 3.8) is 0 Å². The quantitative estimate of drug-likeness (QED) is 0.861. The lowest BCUT2D eigenvalue weighted by atomic mass is 10.3. The van der Waals surface area contributed by atoms with E-state index in [0.717, 1.165) is 25.9 Å². The van der Waals surface area contributed by atoms with Crippen molar-refractivity contribution >= 4 is 23.5 Å². The standard InChI is InChI=1S/C13H17N3O3/c1-19-13(18)15-11-6-4-5-10(9-11)14-12(17)16-7-2-3-8-16/h4-6,9H,2-3,7-8H2,1H3,(H,14,17)(H,15,18). The molecule has 102 valence electrons. The minimum Gasteiger partial charge on any atom is -0.453 e. The van der Waals surface area contributed by atoms with Crippen LogP contribution in [0.3, 0.4) is 0 Å². The van der Waals surface area contributed by atoms with Crippen molar-refractivity contribution < 1.29 is 14.3 Å². The van der Waals surface area contributed by atoms with Gasteiger partial charge in [0.2, 0.25) is 0 Å². The molecule has 1 aliphatic rings. The van der Waals surface area contributed by atoms with E-state index in [2.05, 4.69) is 15.4 Å². The maximum absolute atomic E-state index is 11.9. The molecule has 0 spiro atoms. The van der Waals surface area contributed by atoms with Crippen LogP contribution in [-0.4, -0.2) is 37.2 Å². The maximum atomic E-state index is 11.9. The number of nitrogens with one attached hydrogen (secondary N) is 2. The number of methoxy groups -OCH3 is 1. The van der Waals surface area contributed by atoms with Crippen molar-refractivity contribution in [2.45, 2.75) is 12.8 Å². The van der Waals surface area contributed by atoms with E-state index in [4.69, 9.17) is 0 Å². The molecule has 0 saturated carbocycles. The number of rotatable bonds is 2. The number of benzene rings is 1. The molecule has 0 atom stereocenters. The van der Waals surface area contributed by atoms with Gasteiger partial charge in [0.15, 0.2) is 0 Å². The highest BCUT2D eigenvalue weighted by Gasteiger charge is 2.17. The van der Waals surface area contributed by atoms with E-state index in [9.17, 15) is 9.59 Å². The molecule has 0 aromatic heterocycles. The molecule has 1 fully saturated rings. The van der Waals surface area contributed by atoms with Crippen molar-refractivity contribution in [2.24, 2.45) is 0 Å². The Labute approximate surface area is 111 Å². The van der Waals surface area contributed by atoms with E-state index in [0.29, 0.717) is 11.4 Å². The summed E-state index contributed by atoms with van der Waals surface area (Å²) in [5, 5.41) is 5.36. The van der Waals surface area contributed by atoms with Crippen LogP contribution in [0, 0.1) is 0 Å². The zero-order chi connectivity index (χ0) is 13.7. The number of anilines is 2. The third-order valence-corrected chi connectivity index (χ3v) is 2.94. The number of carbonyl (C=O) groups is 2. The van der Waals surface area contributed by atoms with Gasteiger partial charge in [0.25, 0.3) is 0 Å². The van der Waals surface area contributed by atoms with Crippen molar-refractivity contribution in [1.82, 2.24) is 4.90 Å². The number of urea groups is 1. The van der Waals surface area contributed by atoms with E-state index < -0.39 is 6.09 Å². The summed E-state index contributed by atoms with van der Waals surface area (Å²) in [5.74, 6) is 0. The zero-order valence-corrected chi connectivity index (χ0v) is 10.8. The average molecular weight is 263 g/mol. The van der Waals surface area contributed by atoms with Crippen LogP contribution in [0.2, 0.25) is 0 Å². The first-order chi connectivity index (χ1) is 9.19. The summed E-state index contributed by atoms with van der Waals surface area (Å²) in [5.41, 5.74) is 1.22. The van der Waals surface area contributed by atoms with Gasteiger partial charge in [-0.2, -0.15) is 0 Å². The molecule has 1 aliphatic heterocycles. The van der Waals surface area contributed by atoms with Crippen molar-refractivity contribution in [3.8, 4) is 0 Å². The van der Waals surface area contributed by atoms with Crippen LogP contribution in [0.1, 0.15) is 12.8 Å². The normalized spacial score (nSPS) is 14.1. The molecule has 1 heterocycles. The molecule has 3 amide bonds. The van der Waals surface area contributed by atoms with Crippen LogP contribution >= 0.6 is 0 Å². The lowest BCUT2D eigenvalue weighted by molar-refractivity contribution is 0.187.